The second-order valence-electron chi connectivity index (χ2n) is 5.83. The number of benzene rings is 2. The smallest absolute Gasteiger partial charge is 0.293 e. The molecule has 2 rings (SSSR count). The molecule has 1 atom stereocenters. The van der Waals surface area contributed by atoms with Gasteiger partial charge in [-0.05, 0) is 5.56 Å². The average Bonchev–Trinajstić information content (AvgIpc) is 2.65. The van der Waals surface area contributed by atoms with Crippen LogP contribution >= 0.6 is 0 Å². The van der Waals surface area contributed by atoms with Crippen molar-refractivity contribution >= 4 is 17.3 Å². The van der Waals surface area contributed by atoms with Crippen LogP contribution in [0.25, 0.3) is 0 Å². The van der Waals surface area contributed by atoms with E-state index in [9.17, 15) is 20.0 Å². The number of nitro benzene ring substituents is 1. The molecule has 2 aromatic rings. The standard InChI is InChI=1S/C18H21N3O5/c1-20(2)14-10-17(26-3)13(9-15(14)21(24)25)18(23)19-11-16(22)12-7-5-4-6-8-12/h4-10,16,22H,11H2,1-3H3,(H,19,23)/t16-/m0/s1. The molecular weight excluding hydrogens is 338 g/mol. The van der Waals surface area contributed by atoms with Crippen molar-refractivity contribution < 1.29 is 19.6 Å². The highest BCUT2D eigenvalue weighted by Gasteiger charge is 2.24. The van der Waals surface area contributed by atoms with E-state index in [0.717, 1.165) is 0 Å². The molecule has 0 saturated heterocycles. The molecule has 0 bridgehead atoms. The summed E-state index contributed by atoms with van der Waals surface area (Å²) in [7, 11) is 4.71. The van der Waals surface area contributed by atoms with Crippen LogP contribution in [0.4, 0.5) is 11.4 Å². The summed E-state index contributed by atoms with van der Waals surface area (Å²) < 4.78 is 5.21. The lowest BCUT2D eigenvalue weighted by Crippen LogP contribution is -2.29. The molecule has 0 spiro atoms. The highest BCUT2D eigenvalue weighted by Crippen LogP contribution is 2.34. The number of rotatable bonds is 7. The van der Waals surface area contributed by atoms with Crippen molar-refractivity contribution in [3.05, 3.63) is 63.7 Å². The van der Waals surface area contributed by atoms with Crippen LogP contribution in [0, 0.1) is 10.1 Å². The first-order chi connectivity index (χ1) is 12.3. The molecule has 0 saturated carbocycles. The average molecular weight is 359 g/mol. The molecular formula is C18H21N3O5. The molecule has 0 aromatic heterocycles. The van der Waals surface area contributed by atoms with Gasteiger partial charge in [0.1, 0.15) is 11.4 Å². The van der Waals surface area contributed by atoms with Crippen LogP contribution in [0.5, 0.6) is 5.75 Å². The predicted octanol–water partition coefficient (Wildman–Crippen LogP) is 2.13. The van der Waals surface area contributed by atoms with Crippen molar-refractivity contribution in [2.45, 2.75) is 6.10 Å². The summed E-state index contributed by atoms with van der Waals surface area (Å²) in [4.78, 5) is 24.8. The third kappa shape index (κ3) is 4.28. The Morgan fingerprint density at radius 2 is 1.96 bits per heavy atom. The Bertz CT molecular complexity index is 793. The maximum atomic E-state index is 12.5. The number of hydrogen-bond donors (Lipinski definition) is 2. The minimum absolute atomic E-state index is 0.0325. The van der Waals surface area contributed by atoms with Crippen molar-refractivity contribution in [2.75, 3.05) is 32.6 Å². The largest absolute Gasteiger partial charge is 0.496 e. The highest BCUT2D eigenvalue weighted by molar-refractivity contribution is 5.98. The minimum Gasteiger partial charge on any atom is -0.496 e. The third-order valence-corrected chi connectivity index (χ3v) is 3.86. The zero-order valence-corrected chi connectivity index (χ0v) is 14.8. The summed E-state index contributed by atoms with van der Waals surface area (Å²) in [6, 6.07) is 11.5. The monoisotopic (exact) mass is 359 g/mol. The molecule has 8 heteroatoms. The predicted molar refractivity (Wildman–Crippen MR) is 97.7 cm³/mol. The number of carbonyl (C=O) groups excluding carboxylic acids is 1. The van der Waals surface area contributed by atoms with Crippen LogP contribution in [0.2, 0.25) is 0 Å². The SMILES string of the molecule is COc1cc(N(C)C)c([N+](=O)[O-])cc1C(=O)NC[C@H](O)c1ccccc1. The maximum absolute atomic E-state index is 12.5. The van der Waals surface area contributed by atoms with Crippen molar-refractivity contribution in [1.82, 2.24) is 5.32 Å². The summed E-state index contributed by atoms with van der Waals surface area (Å²) in [5.74, 6) is -0.351. The van der Waals surface area contributed by atoms with Gasteiger partial charge in [-0.3, -0.25) is 14.9 Å². The van der Waals surface area contributed by atoms with Crippen LogP contribution in [-0.4, -0.2) is 43.7 Å². The lowest BCUT2D eigenvalue weighted by Gasteiger charge is -2.17. The zero-order chi connectivity index (χ0) is 19.3. The molecule has 1 amide bonds. The van der Waals surface area contributed by atoms with Gasteiger partial charge in [0.15, 0.2) is 0 Å². The number of carbonyl (C=O) groups is 1. The number of methoxy groups -OCH3 is 1. The van der Waals surface area contributed by atoms with Gasteiger partial charge in [-0.15, -0.1) is 0 Å². The van der Waals surface area contributed by atoms with E-state index in [1.54, 1.807) is 43.3 Å². The number of anilines is 1. The van der Waals surface area contributed by atoms with Crippen LogP contribution < -0.4 is 15.0 Å². The molecule has 2 N–H and O–H groups in total. The molecule has 8 nitrogen and oxygen atoms in total. The number of ether oxygens (including phenoxy) is 1. The summed E-state index contributed by atoms with van der Waals surface area (Å²) in [5, 5.41) is 24.0. The summed E-state index contributed by atoms with van der Waals surface area (Å²) in [6.45, 7) is -0.0325. The number of hydrogen-bond acceptors (Lipinski definition) is 6. The van der Waals surface area contributed by atoms with E-state index in [4.69, 9.17) is 4.74 Å². The molecule has 0 heterocycles. The van der Waals surface area contributed by atoms with Gasteiger partial charge in [0, 0.05) is 32.8 Å². The zero-order valence-electron chi connectivity index (χ0n) is 14.8. The topological polar surface area (TPSA) is 105 Å². The van der Waals surface area contributed by atoms with Gasteiger partial charge in [0.2, 0.25) is 0 Å². The maximum Gasteiger partial charge on any atom is 0.293 e. The quantitative estimate of drug-likeness (QED) is 0.580. The van der Waals surface area contributed by atoms with Crippen molar-refractivity contribution in [1.29, 1.82) is 0 Å². The minimum atomic E-state index is -0.887. The van der Waals surface area contributed by atoms with Crippen LogP contribution in [0.15, 0.2) is 42.5 Å². The summed E-state index contributed by atoms with van der Waals surface area (Å²) in [6.07, 6.45) is -0.887. The molecule has 0 fully saturated rings. The van der Waals surface area contributed by atoms with E-state index in [-0.39, 0.29) is 23.5 Å². The fourth-order valence-corrected chi connectivity index (χ4v) is 2.49. The van der Waals surface area contributed by atoms with Crippen molar-refractivity contribution in [2.24, 2.45) is 0 Å². The van der Waals surface area contributed by atoms with Gasteiger partial charge in [0.05, 0.1) is 23.7 Å². The molecule has 2 aromatic carbocycles. The number of nitrogens with one attached hydrogen (secondary N) is 1. The normalized spacial score (nSPS) is 11.5. The van der Waals surface area contributed by atoms with E-state index in [1.165, 1.54) is 19.2 Å². The van der Waals surface area contributed by atoms with Gasteiger partial charge >= 0.3 is 0 Å². The van der Waals surface area contributed by atoms with E-state index in [0.29, 0.717) is 11.3 Å². The first-order valence-corrected chi connectivity index (χ1v) is 7.90. The lowest BCUT2D eigenvalue weighted by atomic mass is 10.1. The number of nitrogens with zero attached hydrogens (tertiary/aromatic N) is 2. The second-order valence-corrected chi connectivity index (χ2v) is 5.83. The van der Waals surface area contributed by atoms with Gasteiger partial charge < -0.3 is 20.1 Å². The van der Waals surface area contributed by atoms with Crippen LogP contribution in [-0.2, 0) is 0 Å². The first-order valence-electron chi connectivity index (χ1n) is 7.90. The molecule has 0 aliphatic heterocycles. The Balaban J connectivity index is 2.24. The van der Waals surface area contributed by atoms with Crippen LogP contribution in [0.1, 0.15) is 22.0 Å². The van der Waals surface area contributed by atoms with Crippen molar-refractivity contribution in [3.8, 4) is 5.75 Å². The second kappa shape index (κ2) is 8.30. The van der Waals surface area contributed by atoms with Gasteiger partial charge in [-0.1, -0.05) is 30.3 Å². The summed E-state index contributed by atoms with van der Waals surface area (Å²) in [5.41, 5.74) is 0.816. The third-order valence-electron chi connectivity index (χ3n) is 3.86. The Morgan fingerprint density at radius 3 is 2.50 bits per heavy atom. The van der Waals surface area contributed by atoms with E-state index in [1.807, 2.05) is 6.07 Å². The molecule has 138 valence electrons. The number of nitro groups is 1. The molecule has 0 radical (unpaired) electrons. The van der Waals surface area contributed by atoms with Gasteiger partial charge in [-0.25, -0.2) is 0 Å². The Labute approximate surface area is 151 Å². The molecule has 0 aliphatic carbocycles. The molecule has 26 heavy (non-hydrogen) atoms. The van der Waals surface area contributed by atoms with Gasteiger partial charge in [-0.2, -0.15) is 0 Å². The van der Waals surface area contributed by atoms with E-state index in [2.05, 4.69) is 5.32 Å². The molecule has 0 aliphatic rings. The first kappa shape index (κ1) is 19.2. The number of amides is 1. The summed E-state index contributed by atoms with van der Waals surface area (Å²) >= 11 is 0. The van der Waals surface area contributed by atoms with Crippen LogP contribution in [0.3, 0.4) is 0 Å². The lowest BCUT2D eigenvalue weighted by molar-refractivity contribution is -0.384. The Kier molecular flexibility index (Phi) is 6.13. The van der Waals surface area contributed by atoms with Crippen molar-refractivity contribution in [3.63, 3.8) is 0 Å². The Morgan fingerprint density at radius 1 is 1.31 bits per heavy atom. The Hall–Kier alpha value is -3.13. The molecule has 0 unspecified atom stereocenters. The highest BCUT2D eigenvalue weighted by atomic mass is 16.6. The van der Waals surface area contributed by atoms with E-state index < -0.39 is 16.9 Å². The number of aliphatic hydroxyl groups is 1. The number of aliphatic hydroxyl groups excluding tert-OH is 1. The van der Waals surface area contributed by atoms with Gasteiger partial charge in [0.25, 0.3) is 11.6 Å². The fourth-order valence-electron chi connectivity index (χ4n) is 2.49. The fraction of sp³-hybridized carbons (Fsp3) is 0.278. The van der Waals surface area contributed by atoms with E-state index >= 15 is 0 Å².